The fourth-order valence-corrected chi connectivity index (χ4v) is 2.46. The molecule has 0 heterocycles. The van der Waals surface area contributed by atoms with Gasteiger partial charge in [-0.3, -0.25) is 9.35 Å². The van der Waals surface area contributed by atoms with E-state index in [0.717, 1.165) is 12.1 Å². The first kappa shape index (κ1) is 17.3. The highest BCUT2D eigenvalue weighted by Crippen LogP contribution is 2.19. The van der Waals surface area contributed by atoms with Gasteiger partial charge < -0.3 is 15.6 Å². The van der Waals surface area contributed by atoms with Crippen LogP contribution >= 0.6 is 0 Å². The van der Waals surface area contributed by atoms with E-state index in [0.29, 0.717) is 0 Å². The monoisotopic (exact) mass is 334 g/mol. The van der Waals surface area contributed by atoms with Crippen LogP contribution < -0.4 is 11.1 Å². The first-order valence-electron chi connectivity index (χ1n) is 5.54. The Morgan fingerprint density at radius 2 is 2.14 bits per heavy atom. The van der Waals surface area contributed by atoms with E-state index in [-0.39, 0.29) is 17.8 Å². The van der Waals surface area contributed by atoms with E-state index in [1.165, 1.54) is 12.1 Å². The normalized spacial score (nSPS) is 14.2. The van der Waals surface area contributed by atoms with Crippen LogP contribution in [0.1, 0.15) is 10.4 Å². The molecule has 0 fully saturated rings. The molecule has 0 bridgehead atoms. The van der Waals surface area contributed by atoms with Gasteiger partial charge in [0.2, 0.25) is 0 Å². The van der Waals surface area contributed by atoms with E-state index in [2.05, 4.69) is 11.9 Å². The zero-order valence-electron chi connectivity index (χ0n) is 10.7. The number of anilines is 1. The molecule has 116 valence electrons. The number of hydrogen-bond donors (Lipinski definition) is 4. The van der Waals surface area contributed by atoms with E-state index >= 15 is 0 Å². The van der Waals surface area contributed by atoms with Gasteiger partial charge in [0.15, 0.2) is 11.1 Å². The van der Waals surface area contributed by atoms with Crippen molar-refractivity contribution in [1.29, 1.82) is 0 Å². The second kappa shape index (κ2) is 6.80. The summed E-state index contributed by atoms with van der Waals surface area (Å²) < 4.78 is 50.9. The highest BCUT2D eigenvalue weighted by molar-refractivity contribution is 7.86. The zero-order valence-corrected chi connectivity index (χ0v) is 12.4. The van der Waals surface area contributed by atoms with Crippen molar-refractivity contribution in [3.8, 4) is 0 Å². The average molecular weight is 334 g/mol. The highest BCUT2D eigenvalue weighted by atomic mass is 32.2. The van der Waals surface area contributed by atoms with Crippen LogP contribution in [0.3, 0.4) is 0 Å². The number of amides is 1. The smallest absolute Gasteiger partial charge is 0.296 e. The minimum absolute atomic E-state index is 0.0663. The number of rotatable bonds is 6. The molecule has 0 radical (unpaired) electrons. The van der Waals surface area contributed by atoms with Crippen molar-refractivity contribution < 1.29 is 26.5 Å². The first-order chi connectivity index (χ1) is 9.66. The molecule has 5 N–H and O–H groups in total. The van der Waals surface area contributed by atoms with Crippen LogP contribution in [0.2, 0.25) is 0 Å². The van der Waals surface area contributed by atoms with Gasteiger partial charge in [0.25, 0.3) is 16.0 Å². The minimum Gasteiger partial charge on any atom is -0.398 e. The van der Waals surface area contributed by atoms with Gasteiger partial charge in [-0.05, 0) is 18.2 Å². The van der Waals surface area contributed by atoms with E-state index in [1.807, 2.05) is 0 Å². The van der Waals surface area contributed by atoms with E-state index in [9.17, 15) is 17.4 Å². The van der Waals surface area contributed by atoms with Crippen LogP contribution in [0.4, 0.5) is 5.69 Å². The average Bonchev–Trinajstić information content (AvgIpc) is 2.37. The lowest BCUT2D eigenvalue weighted by atomic mass is 10.2. The molecule has 0 aromatic heterocycles. The van der Waals surface area contributed by atoms with Crippen LogP contribution in [0.5, 0.6) is 0 Å². The number of carbonyl (C=O) groups is 1. The van der Waals surface area contributed by atoms with Gasteiger partial charge in [0.05, 0.1) is 10.9 Å². The summed E-state index contributed by atoms with van der Waals surface area (Å²) in [5.74, 6) is -0.683. The van der Waals surface area contributed by atoms with Gasteiger partial charge in [0.1, 0.15) is 4.90 Å². The summed E-state index contributed by atoms with van der Waals surface area (Å²) in [6.07, 6.45) is 1.21. The standard InChI is InChI=1S/C11H14N2O6S2/c1-2-8(20(15)16)6-13-11(14)7-3-4-9(12)10(5-7)21(17,18)19/h2-5,8H,1,6,12H2,(H,13,14)(H,15,16)(H,17,18,19). The molecule has 1 aromatic carbocycles. The van der Waals surface area contributed by atoms with E-state index in [4.69, 9.17) is 14.8 Å². The predicted molar refractivity (Wildman–Crippen MR) is 77.8 cm³/mol. The molecule has 0 saturated heterocycles. The molecule has 1 rings (SSSR count). The lowest BCUT2D eigenvalue weighted by Gasteiger charge is -2.10. The molecule has 1 amide bonds. The Hall–Kier alpha value is -1.75. The molecule has 0 aliphatic heterocycles. The van der Waals surface area contributed by atoms with Crippen LogP contribution in [-0.2, 0) is 21.2 Å². The maximum atomic E-state index is 11.8. The van der Waals surface area contributed by atoms with Gasteiger partial charge in [-0.25, -0.2) is 4.21 Å². The van der Waals surface area contributed by atoms with E-state index < -0.39 is 37.3 Å². The molecular weight excluding hydrogens is 320 g/mol. The molecule has 21 heavy (non-hydrogen) atoms. The Morgan fingerprint density at radius 1 is 1.52 bits per heavy atom. The third-order valence-electron chi connectivity index (χ3n) is 2.54. The summed E-state index contributed by atoms with van der Waals surface area (Å²) in [4.78, 5) is 11.3. The predicted octanol–water partition coefficient (Wildman–Crippen LogP) is 0.0216. The quantitative estimate of drug-likeness (QED) is 0.248. The van der Waals surface area contributed by atoms with Crippen molar-refractivity contribution in [2.45, 2.75) is 10.1 Å². The zero-order chi connectivity index (χ0) is 16.2. The third kappa shape index (κ3) is 4.63. The van der Waals surface area contributed by atoms with Gasteiger partial charge in [-0.1, -0.05) is 6.08 Å². The van der Waals surface area contributed by atoms with Crippen LogP contribution in [0.15, 0.2) is 35.7 Å². The van der Waals surface area contributed by atoms with Crippen molar-refractivity contribution >= 4 is 32.8 Å². The first-order valence-corrected chi connectivity index (χ1v) is 8.15. The molecular formula is C11H14N2O6S2. The third-order valence-corrected chi connectivity index (χ3v) is 4.33. The number of nitrogens with two attached hydrogens (primary N) is 1. The molecule has 0 aliphatic carbocycles. The van der Waals surface area contributed by atoms with Gasteiger partial charge >= 0.3 is 0 Å². The molecule has 8 nitrogen and oxygen atoms in total. The maximum Gasteiger partial charge on any atom is 0.296 e. The summed E-state index contributed by atoms with van der Waals surface area (Å²) in [5.41, 5.74) is 5.14. The van der Waals surface area contributed by atoms with Crippen LogP contribution in [0, 0.1) is 0 Å². The fraction of sp³-hybridized carbons (Fsp3) is 0.182. The molecule has 0 saturated carbocycles. The number of hydrogen-bond acceptors (Lipinski definition) is 5. The summed E-state index contributed by atoms with van der Waals surface area (Å²) in [7, 11) is -4.55. The number of carbonyl (C=O) groups excluding carboxylic acids is 1. The number of nitrogen functional groups attached to an aromatic ring is 1. The largest absolute Gasteiger partial charge is 0.398 e. The number of nitrogens with one attached hydrogen (secondary N) is 1. The molecule has 1 aromatic rings. The fourth-order valence-electron chi connectivity index (χ4n) is 1.43. The van der Waals surface area contributed by atoms with E-state index in [1.54, 1.807) is 0 Å². The lowest BCUT2D eigenvalue weighted by Crippen LogP contribution is -2.33. The van der Waals surface area contributed by atoms with Crippen LogP contribution in [0.25, 0.3) is 0 Å². The van der Waals surface area contributed by atoms with Crippen LogP contribution in [-0.4, -0.2) is 39.4 Å². The molecule has 0 spiro atoms. The molecule has 2 atom stereocenters. The summed E-state index contributed by atoms with van der Waals surface area (Å²) in [5, 5.41) is 1.49. The van der Waals surface area contributed by atoms with Gasteiger partial charge in [-0.15, -0.1) is 6.58 Å². The molecule has 2 unspecified atom stereocenters. The highest BCUT2D eigenvalue weighted by Gasteiger charge is 2.18. The van der Waals surface area contributed by atoms with Gasteiger partial charge in [0, 0.05) is 12.1 Å². The Balaban J connectivity index is 2.94. The second-order valence-electron chi connectivity index (χ2n) is 3.99. The summed E-state index contributed by atoms with van der Waals surface area (Å²) >= 11 is -2.19. The lowest BCUT2D eigenvalue weighted by molar-refractivity contribution is 0.0954. The van der Waals surface area contributed by atoms with Crippen molar-refractivity contribution in [2.24, 2.45) is 0 Å². The van der Waals surface area contributed by atoms with Crippen molar-refractivity contribution in [1.82, 2.24) is 5.32 Å². The van der Waals surface area contributed by atoms with Crippen molar-refractivity contribution in [2.75, 3.05) is 12.3 Å². The number of benzene rings is 1. The summed E-state index contributed by atoms with van der Waals surface area (Å²) in [6.45, 7) is 3.20. The maximum absolute atomic E-state index is 11.8. The summed E-state index contributed by atoms with van der Waals surface area (Å²) in [6, 6.07) is 3.34. The Bertz CT molecular complexity index is 686. The van der Waals surface area contributed by atoms with Crippen molar-refractivity contribution in [3.05, 3.63) is 36.4 Å². The molecule has 10 heteroatoms. The second-order valence-corrected chi connectivity index (χ2v) is 6.54. The Morgan fingerprint density at radius 3 is 2.62 bits per heavy atom. The Kier molecular flexibility index (Phi) is 5.61. The Labute approximate surface area is 124 Å². The topological polar surface area (TPSA) is 147 Å². The van der Waals surface area contributed by atoms with Gasteiger partial charge in [-0.2, -0.15) is 8.42 Å². The minimum atomic E-state index is -4.55. The SMILES string of the molecule is C=CC(CNC(=O)c1ccc(N)c(S(=O)(=O)O)c1)S(=O)O. The van der Waals surface area contributed by atoms with Crippen molar-refractivity contribution in [3.63, 3.8) is 0 Å². The molecule has 0 aliphatic rings.